The van der Waals surface area contributed by atoms with Crippen molar-refractivity contribution in [3.05, 3.63) is 61.2 Å². The van der Waals surface area contributed by atoms with Gasteiger partial charge < -0.3 is 29.0 Å². The third-order valence-corrected chi connectivity index (χ3v) is 6.92. The molecule has 0 aliphatic heterocycles. The fraction of sp³-hybridized carbons (Fsp3) is 0.543. The van der Waals surface area contributed by atoms with Gasteiger partial charge in [-0.05, 0) is 99.7 Å². The van der Waals surface area contributed by atoms with Crippen molar-refractivity contribution < 1.29 is 33.6 Å². The summed E-state index contributed by atoms with van der Waals surface area (Å²) in [6.07, 6.45) is 10.2. The van der Waals surface area contributed by atoms with Crippen LogP contribution in [-0.2, 0) is 19.1 Å². The first-order valence-electron chi connectivity index (χ1n) is 15.8. The molecule has 0 atom stereocenters. The van der Waals surface area contributed by atoms with E-state index in [0.29, 0.717) is 45.9 Å². The number of nitrogens with zero attached hydrogens (tertiary/aromatic N) is 1. The molecule has 0 aromatic heterocycles. The highest BCUT2D eigenvalue weighted by Gasteiger charge is 2.08. The van der Waals surface area contributed by atoms with Gasteiger partial charge in [-0.25, -0.2) is 4.79 Å². The third kappa shape index (κ3) is 16.8. The van der Waals surface area contributed by atoms with Crippen LogP contribution < -0.4 is 9.47 Å². The highest BCUT2D eigenvalue weighted by Crippen LogP contribution is 2.25. The van der Waals surface area contributed by atoms with E-state index in [1.54, 1.807) is 0 Å². The van der Waals surface area contributed by atoms with Gasteiger partial charge in [-0.3, -0.25) is 4.79 Å². The molecule has 8 heteroatoms. The average Bonchev–Trinajstić information content (AvgIpc) is 3.03. The number of rotatable bonds is 25. The summed E-state index contributed by atoms with van der Waals surface area (Å²) in [6.45, 7) is 9.91. The highest BCUT2D eigenvalue weighted by molar-refractivity contribution is 5.81. The van der Waals surface area contributed by atoms with E-state index in [0.717, 1.165) is 87.0 Å². The summed E-state index contributed by atoms with van der Waals surface area (Å²) in [5, 5.41) is 9.10. The molecule has 0 unspecified atom stereocenters. The van der Waals surface area contributed by atoms with E-state index in [1.165, 1.54) is 6.08 Å². The molecule has 2 aromatic carbocycles. The minimum absolute atomic E-state index is 0.110. The summed E-state index contributed by atoms with van der Waals surface area (Å²) in [4.78, 5) is 25.0. The second-order valence-electron chi connectivity index (χ2n) is 10.5. The van der Waals surface area contributed by atoms with E-state index < -0.39 is 0 Å². The lowest BCUT2D eigenvalue weighted by atomic mass is 10.1. The molecule has 0 aliphatic carbocycles. The molecule has 0 aliphatic rings. The standard InChI is InChI=1S/C35H51NO7/c1-3-22-36(24-25-37)23-21-35(39)43-29-12-8-6-10-27-41-33-19-15-31(16-20-33)30-13-17-32(18-14-30)40-26-9-5-7-11-28-42-34(38)4-2/h4,13-20,37H,2-3,5-12,21-29H2,1H3. The number of hydrogen-bond donors (Lipinski definition) is 1. The fourth-order valence-electron chi connectivity index (χ4n) is 4.51. The first-order chi connectivity index (χ1) is 21.0. The van der Waals surface area contributed by atoms with Crippen molar-refractivity contribution in [3.8, 4) is 22.6 Å². The smallest absolute Gasteiger partial charge is 0.330 e. The Morgan fingerprint density at radius 2 is 1.19 bits per heavy atom. The Kier molecular flexibility index (Phi) is 19.3. The number of aliphatic hydroxyl groups is 1. The summed E-state index contributed by atoms with van der Waals surface area (Å²) in [6, 6.07) is 16.3. The van der Waals surface area contributed by atoms with Crippen molar-refractivity contribution in [2.45, 2.75) is 71.1 Å². The zero-order valence-corrected chi connectivity index (χ0v) is 26.0. The van der Waals surface area contributed by atoms with Crippen molar-refractivity contribution in [3.63, 3.8) is 0 Å². The predicted octanol–water partition coefficient (Wildman–Crippen LogP) is 6.60. The van der Waals surface area contributed by atoms with Gasteiger partial charge in [0.05, 0.1) is 39.5 Å². The maximum absolute atomic E-state index is 11.9. The van der Waals surface area contributed by atoms with E-state index in [9.17, 15) is 9.59 Å². The lowest BCUT2D eigenvalue weighted by molar-refractivity contribution is -0.144. The van der Waals surface area contributed by atoms with Gasteiger partial charge in [0.2, 0.25) is 0 Å². The summed E-state index contributed by atoms with van der Waals surface area (Å²) < 4.78 is 22.1. The normalized spacial score (nSPS) is 10.9. The quantitative estimate of drug-likeness (QED) is 0.0778. The molecule has 2 rings (SSSR count). The molecule has 238 valence electrons. The first kappa shape index (κ1) is 35.8. The Labute approximate surface area is 258 Å². The van der Waals surface area contributed by atoms with Gasteiger partial charge in [-0.1, -0.05) is 37.8 Å². The Morgan fingerprint density at radius 1 is 0.698 bits per heavy atom. The molecule has 43 heavy (non-hydrogen) atoms. The maximum atomic E-state index is 11.9. The van der Waals surface area contributed by atoms with Crippen molar-refractivity contribution >= 4 is 11.9 Å². The molecule has 0 heterocycles. The summed E-state index contributed by atoms with van der Waals surface area (Å²) >= 11 is 0. The van der Waals surface area contributed by atoms with E-state index in [1.807, 2.05) is 24.3 Å². The minimum atomic E-state index is -0.366. The highest BCUT2D eigenvalue weighted by atomic mass is 16.5. The first-order valence-corrected chi connectivity index (χ1v) is 15.8. The monoisotopic (exact) mass is 597 g/mol. The molecule has 2 aromatic rings. The van der Waals surface area contributed by atoms with Gasteiger partial charge in [0.15, 0.2) is 0 Å². The van der Waals surface area contributed by atoms with Crippen LogP contribution >= 0.6 is 0 Å². The van der Waals surface area contributed by atoms with Crippen molar-refractivity contribution in [1.82, 2.24) is 4.90 Å². The number of benzene rings is 2. The number of hydrogen-bond acceptors (Lipinski definition) is 8. The third-order valence-electron chi connectivity index (χ3n) is 6.92. The van der Waals surface area contributed by atoms with Crippen LogP contribution in [0.4, 0.5) is 0 Å². The molecule has 0 spiro atoms. The van der Waals surface area contributed by atoms with Gasteiger partial charge in [0, 0.05) is 19.2 Å². The summed E-state index contributed by atoms with van der Waals surface area (Å²) in [7, 11) is 0. The second-order valence-corrected chi connectivity index (χ2v) is 10.5. The van der Waals surface area contributed by atoms with Crippen molar-refractivity contribution in [2.75, 3.05) is 52.7 Å². The van der Waals surface area contributed by atoms with Crippen LogP contribution in [0, 0.1) is 0 Å². The van der Waals surface area contributed by atoms with E-state index in [-0.39, 0.29) is 18.5 Å². The van der Waals surface area contributed by atoms with Gasteiger partial charge in [-0.15, -0.1) is 0 Å². The van der Waals surface area contributed by atoms with Crippen LogP contribution in [0.15, 0.2) is 61.2 Å². The molecule has 0 saturated heterocycles. The summed E-state index contributed by atoms with van der Waals surface area (Å²) in [5.41, 5.74) is 2.24. The number of aliphatic hydroxyl groups excluding tert-OH is 1. The van der Waals surface area contributed by atoms with Gasteiger partial charge in [-0.2, -0.15) is 0 Å². The zero-order valence-electron chi connectivity index (χ0n) is 26.0. The van der Waals surface area contributed by atoms with Gasteiger partial charge in [0.25, 0.3) is 0 Å². The minimum Gasteiger partial charge on any atom is -0.494 e. The van der Waals surface area contributed by atoms with Crippen LogP contribution in [0.3, 0.4) is 0 Å². The molecule has 0 bridgehead atoms. The Bertz CT molecular complexity index is 1020. The molecule has 0 radical (unpaired) electrons. The van der Waals surface area contributed by atoms with Crippen LogP contribution in [-0.4, -0.2) is 74.6 Å². The zero-order chi connectivity index (χ0) is 31.0. The van der Waals surface area contributed by atoms with Gasteiger partial charge in [0.1, 0.15) is 11.5 Å². The van der Waals surface area contributed by atoms with Crippen LogP contribution in [0.1, 0.15) is 71.1 Å². The molecule has 0 saturated carbocycles. The Hall–Kier alpha value is -3.36. The molecule has 0 amide bonds. The van der Waals surface area contributed by atoms with Crippen molar-refractivity contribution in [1.29, 1.82) is 0 Å². The molecule has 1 N–H and O–H groups in total. The lowest BCUT2D eigenvalue weighted by Crippen LogP contribution is -2.30. The average molecular weight is 598 g/mol. The maximum Gasteiger partial charge on any atom is 0.330 e. The van der Waals surface area contributed by atoms with Crippen LogP contribution in [0.2, 0.25) is 0 Å². The van der Waals surface area contributed by atoms with E-state index >= 15 is 0 Å². The number of unbranched alkanes of at least 4 members (excludes halogenated alkanes) is 6. The van der Waals surface area contributed by atoms with E-state index in [2.05, 4.69) is 42.7 Å². The SMILES string of the molecule is C=CC(=O)OCCCCCCOc1ccc(-c2ccc(OCCCCCCOC(=O)CCN(CCC)CCO)cc2)cc1. The van der Waals surface area contributed by atoms with Gasteiger partial charge >= 0.3 is 11.9 Å². The molecular formula is C35H51NO7. The molecule has 0 fully saturated rings. The lowest BCUT2D eigenvalue weighted by Gasteiger charge is -2.19. The Balaban J connectivity index is 1.52. The fourth-order valence-corrected chi connectivity index (χ4v) is 4.51. The van der Waals surface area contributed by atoms with Crippen LogP contribution in [0.25, 0.3) is 11.1 Å². The van der Waals surface area contributed by atoms with E-state index in [4.69, 9.17) is 24.1 Å². The molecule has 8 nitrogen and oxygen atoms in total. The number of carbonyl (C=O) groups is 2. The second kappa shape index (κ2) is 23.1. The number of ether oxygens (including phenoxy) is 4. The summed E-state index contributed by atoms with van der Waals surface area (Å²) in [5.74, 6) is 1.18. The molecular weight excluding hydrogens is 546 g/mol. The topological polar surface area (TPSA) is 94.5 Å². The largest absolute Gasteiger partial charge is 0.494 e. The Morgan fingerprint density at radius 3 is 1.65 bits per heavy atom. The number of carbonyl (C=O) groups excluding carboxylic acids is 2. The number of esters is 2. The van der Waals surface area contributed by atoms with Crippen molar-refractivity contribution in [2.24, 2.45) is 0 Å². The predicted molar refractivity (Wildman–Crippen MR) is 170 cm³/mol. The van der Waals surface area contributed by atoms with Crippen LogP contribution in [0.5, 0.6) is 11.5 Å².